The normalized spacial score (nSPS) is 13.4. The average molecular weight is 445 g/mol. The van der Waals surface area contributed by atoms with Crippen molar-refractivity contribution < 1.29 is 9.18 Å². The molecule has 33 heavy (non-hydrogen) atoms. The molecule has 0 saturated heterocycles. The van der Waals surface area contributed by atoms with E-state index in [9.17, 15) is 9.18 Å². The summed E-state index contributed by atoms with van der Waals surface area (Å²) < 4.78 is 18.5. The van der Waals surface area contributed by atoms with E-state index in [1.807, 2.05) is 41.3 Å². The van der Waals surface area contributed by atoms with E-state index < -0.39 is 0 Å². The number of aromatic nitrogens is 5. The van der Waals surface area contributed by atoms with Gasteiger partial charge in [-0.3, -0.25) is 4.79 Å². The van der Waals surface area contributed by atoms with E-state index in [2.05, 4.69) is 20.6 Å². The van der Waals surface area contributed by atoms with Gasteiger partial charge in [-0.05, 0) is 75.2 Å². The van der Waals surface area contributed by atoms with Crippen LogP contribution in [0.1, 0.15) is 46.8 Å². The zero-order valence-electron chi connectivity index (χ0n) is 18.7. The summed E-state index contributed by atoms with van der Waals surface area (Å²) in [4.78, 5) is 12.8. The van der Waals surface area contributed by atoms with Gasteiger partial charge in [-0.15, -0.1) is 10.2 Å². The number of anilines is 1. The molecule has 0 atom stereocenters. The molecule has 2 aromatic carbocycles. The van der Waals surface area contributed by atoms with E-state index in [-0.39, 0.29) is 11.7 Å². The molecule has 8 heteroatoms. The number of halogens is 1. The minimum Gasteiger partial charge on any atom is -0.322 e. The first-order valence-corrected chi connectivity index (χ1v) is 11.2. The van der Waals surface area contributed by atoms with Gasteiger partial charge in [-0.1, -0.05) is 6.42 Å². The van der Waals surface area contributed by atoms with Gasteiger partial charge in [-0.2, -0.15) is 5.10 Å². The highest BCUT2D eigenvalue weighted by Gasteiger charge is 2.19. The summed E-state index contributed by atoms with van der Waals surface area (Å²) in [5, 5.41) is 15.9. The topological polar surface area (TPSA) is 77.6 Å². The molecule has 4 aromatic rings. The minimum absolute atomic E-state index is 0.271. The summed E-state index contributed by atoms with van der Waals surface area (Å²) in [5.41, 5.74) is 4.19. The fraction of sp³-hybridized carbons (Fsp3) is 0.280. The Morgan fingerprint density at radius 3 is 2.58 bits per heavy atom. The molecule has 168 valence electrons. The third-order valence-corrected chi connectivity index (χ3v) is 5.96. The molecule has 0 spiro atoms. The molecule has 0 bridgehead atoms. The van der Waals surface area contributed by atoms with Gasteiger partial charge in [0, 0.05) is 29.9 Å². The van der Waals surface area contributed by atoms with Crippen LogP contribution in [0, 0.1) is 19.7 Å². The van der Waals surface area contributed by atoms with Crippen LogP contribution in [-0.4, -0.2) is 30.5 Å². The lowest BCUT2D eigenvalue weighted by Crippen LogP contribution is -2.12. The van der Waals surface area contributed by atoms with Crippen molar-refractivity contribution in [2.24, 2.45) is 0 Å². The molecule has 3 heterocycles. The second-order valence-electron chi connectivity index (χ2n) is 8.44. The van der Waals surface area contributed by atoms with Crippen LogP contribution in [0.3, 0.4) is 0 Å². The Hall–Kier alpha value is -3.81. The van der Waals surface area contributed by atoms with Gasteiger partial charge in [0.25, 0.3) is 5.91 Å². The van der Waals surface area contributed by atoms with Crippen molar-refractivity contribution in [1.29, 1.82) is 0 Å². The molecule has 0 fully saturated rings. The smallest absolute Gasteiger partial charge is 0.255 e. The van der Waals surface area contributed by atoms with E-state index in [1.54, 1.807) is 24.3 Å². The number of nitrogens with one attached hydrogen (secondary N) is 1. The van der Waals surface area contributed by atoms with E-state index in [4.69, 9.17) is 0 Å². The van der Waals surface area contributed by atoms with Crippen LogP contribution in [-0.2, 0) is 13.0 Å². The molecule has 0 saturated carbocycles. The number of hydrogen-bond donors (Lipinski definition) is 1. The van der Waals surface area contributed by atoms with Crippen LogP contribution in [0.2, 0.25) is 0 Å². The third kappa shape index (κ3) is 4.16. The Balaban J connectivity index is 1.37. The zero-order chi connectivity index (χ0) is 22.9. The van der Waals surface area contributed by atoms with E-state index in [1.165, 1.54) is 6.07 Å². The molecule has 0 radical (unpaired) electrons. The van der Waals surface area contributed by atoms with Crippen molar-refractivity contribution in [1.82, 2.24) is 24.5 Å². The van der Waals surface area contributed by atoms with Crippen LogP contribution in [0.4, 0.5) is 10.1 Å². The highest BCUT2D eigenvalue weighted by molar-refractivity contribution is 6.04. The predicted molar refractivity (Wildman–Crippen MR) is 124 cm³/mol. The summed E-state index contributed by atoms with van der Waals surface area (Å²) in [7, 11) is 0. The van der Waals surface area contributed by atoms with Gasteiger partial charge in [0.05, 0.1) is 16.9 Å². The van der Waals surface area contributed by atoms with Crippen LogP contribution in [0.15, 0.2) is 48.5 Å². The maximum absolute atomic E-state index is 14.7. The van der Waals surface area contributed by atoms with Crippen molar-refractivity contribution in [3.8, 4) is 17.1 Å². The van der Waals surface area contributed by atoms with Crippen molar-refractivity contribution in [3.05, 3.63) is 77.1 Å². The summed E-state index contributed by atoms with van der Waals surface area (Å²) in [6, 6.07) is 13.8. The Morgan fingerprint density at radius 2 is 1.82 bits per heavy atom. The summed E-state index contributed by atoms with van der Waals surface area (Å²) in [6.45, 7) is 4.70. The monoisotopic (exact) mass is 444 g/mol. The zero-order valence-corrected chi connectivity index (χ0v) is 18.7. The maximum atomic E-state index is 14.7. The Kier molecular flexibility index (Phi) is 5.50. The predicted octanol–water partition coefficient (Wildman–Crippen LogP) is 4.87. The number of hydrogen-bond acceptors (Lipinski definition) is 4. The summed E-state index contributed by atoms with van der Waals surface area (Å²) >= 11 is 0. The first-order chi connectivity index (χ1) is 16.0. The standard InChI is InChI=1S/C25H25FN6O/c1-16-14-17(2)32(30-16)20-10-7-18(8-11-20)25(33)27-19-9-12-22(26)21(15-19)24-29-28-23-6-4-3-5-13-31(23)24/h7-12,14-15H,3-6,13H2,1-2H3,(H,27,33). The number of nitrogens with zero attached hydrogens (tertiary/aromatic N) is 5. The number of aryl methyl sites for hydroxylation is 3. The van der Waals surface area contributed by atoms with Gasteiger partial charge >= 0.3 is 0 Å². The van der Waals surface area contributed by atoms with Crippen LogP contribution < -0.4 is 5.32 Å². The minimum atomic E-state index is -0.387. The number of benzene rings is 2. The van der Waals surface area contributed by atoms with Gasteiger partial charge in [0.15, 0.2) is 5.82 Å². The number of carbonyl (C=O) groups excluding carboxylic acids is 1. The lowest BCUT2D eigenvalue weighted by molar-refractivity contribution is 0.102. The average Bonchev–Trinajstić information content (AvgIpc) is 3.27. The van der Waals surface area contributed by atoms with Crippen LogP contribution >= 0.6 is 0 Å². The lowest BCUT2D eigenvalue weighted by atomic mass is 10.1. The molecule has 1 amide bonds. The molecule has 1 aliphatic rings. The number of amides is 1. The molecule has 0 unspecified atom stereocenters. The van der Waals surface area contributed by atoms with Gasteiger partial charge < -0.3 is 9.88 Å². The molecule has 7 nitrogen and oxygen atoms in total. The molecule has 1 N–H and O–H groups in total. The first kappa shape index (κ1) is 21.1. The first-order valence-electron chi connectivity index (χ1n) is 11.2. The highest BCUT2D eigenvalue weighted by Crippen LogP contribution is 2.28. The van der Waals surface area contributed by atoms with Crippen molar-refractivity contribution in [2.75, 3.05) is 5.32 Å². The lowest BCUT2D eigenvalue weighted by Gasteiger charge is -2.11. The van der Waals surface area contributed by atoms with E-state index in [0.717, 1.165) is 55.1 Å². The van der Waals surface area contributed by atoms with Crippen LogP contribution in [0.5, 0.6) is 0 Å². The SMILES string of the molecule is Cc1cc(C)n(-c2ccc(C(=O)Nc3ccc(F)c(-c4nnc5n4CCCCC5)c3)cc2)n1. The summed E-state index contributed by atoms with van der Waals surface area (Å²) in [6.07, 6.45) is 4.05. The fourth-order valence-electron chi connectivity index (χ4n) is 4.31. The Bertz CT molecular complexity index is 1320. The van der Waals surface area contributed by atoms with Crippen LogP contribution in [0.25, 0.3) is 17.1 Å². The molecular formula is C25H25FN6O. The maximum Gasteiger partial charge on any atom is 0.255 e. The van der Waals surface area contributed by atoms with Gasteiger partial charge in [0.2, 0.25) is 0 Å². The van der Waals surface area contributed by atoms with E-state index in [0.29, 0.717) is 22.6 Å². The second kappa shape index (κ2) is 8.61. The molecule has 2 aromatic heterocycles. The Labute approximate surface area is 191 Å². The third-order valence-electron chi connectivity index (χ3n) is 5.96. The largest absolute Gasteiger partial charge is 0.322 e. The number of carbonyl (C=O) groups is 1. The van der Waals surface area contributed by atoms with Crippen molar-refractivity contribution in [3.63, 3.8) is 0 Å². The fourth-order valence-corrected chi connectivity index (χ4v) is 4.31. The molecule has 5 rings (SSSR count). The molecule has 0 aliphatic carbocycles. The summed E-state index contributed by atoms with van der Waals surface area (Å²) in [5.74, 6) is 0.739. The molecular weight excluding hydrogens is 419 g/mol. The second-order valence-corrected chi connectivity index (χ2v) is 8.44. The number of fused-ring (bicyclic) bond motifs is 1. The van der Waals surface area contributed by atoms with Gasteiger partial charge in [-0.25, -0.2) is 9.07 Å². The highest BCUT2D eigenvalue weighted by atomic mass is 19.1. The van der Waals surface area contributed by atoms with Crippen molar-refractivity contribution in [2.45, 2.75) is 46.1 Å². The van der Waals surface area contributed by atoms with Gasteiger partial charge in [0.1, 0.15) is 11.6 Å². The Morgan fingerprint density at radius 1 is 1.00 bits per heavy atom. The molecule has 1 aliphatic heterocycles. The quantitative estimate of drug-likeness (QED) is 0.487. The number of rotatable bonds is 4. The van der Waals surface area contributed by atoms with E-state index >= 15 is 0 Å². The van der Waals surface area contributed by atoms with Crippen molar-refractivity contribution >= 4 is 11.6 Å².